The number of nitrogens with two attached hydrogens (primary N) is 2. The number of aromatic hydroxyl groups is 3. The molecule has 0 spiro atoms. The van der Waals surface area contributed by atoms with E-state index in [9.17, 15) is 45.3 Å². The lowest BCUT2D eigenvalue weighted by Crippen LogP contribution is -2.70. The predicted octanol–water partition coefficient (Wildman–Crippen LogP) is 0.0368. The SMILES string of the molecule is NC(N)=NCC1(O)C(O)C(Oc2cc3oc(-c4ccc(O)cc4C4=NCc5ccccc5C4)cc(=O)c3c(O)c2O)OC(C(=O)O)C1O. The molecular formula is C32H30N4O12. The number of phenols is 3. The van der Waals surface area contributed by atoms with Gasteiger partial charge in [0, 0.05) is 35.4 Å². The van der Waals surface area contributed by atoms with Crippen LogP contribution in [-0.4, -0.2) is 90.1 Å². The molecule has 11 N–H and O–H groups in total. The molecule has 0 saturated carbocycles. The Morgan fingerprint density at radius 1 is 1.00 bits per heavy atom. The highest BCUT2D eigenvalue weighted by atomic mass is 16.7. The summed E-state index contributed by atoms with van der Waals surface area (Å²) in [5, 5.41) is 73.6. The van der Waals surface area contributed by atoms with Gasteiger partial charge in [-0.2, -0.15) is 0 Å². The van der Waals surface area contributed by atoms with Crippen molar-refractivity contribution in [3.8, 4) is 34.3 Å². The van der Waals surface area contributed by atoms with Gasteiger partial charge in [-0.15, -0.1) is 0 Å². The topological polar surface area (TPSA) is 284 Å². The van der Waals surface area contributed by atoms with Crippen molar-refractivity contribution in [1.29, 1.82) is 0 Å². The highest BCUT2D eigenvalue weighted by Gasteiger charge is 2.58. The zero-order valence-electron chi connectivity index (χ0n) is 24.8. The number of aliphatic imine (C=N–C) groups is 2. The maximum Gasteiger partial charge on any atom is 0.335 e. The molecule has 16 heteroatoms. The van der Waals surface area contributed by atoms with Crippen LogP contribution < -0.4 is 21.6 Å². The van der Waals surface area contributed by atoms with Crippen molar-refractivity contribution in [3.05, 3.63) is 81.5 Å². The van der Waals surface area contributed by atoms with Crippen LogP contribution in [0.2, 0.25) is 0 Å². The fraction of sp³-hybridized carbons (Fsp3) is 0.250. The molecule has 0 amide bonds. The summed E-state index contributed by atoms with van der Waals surface area (Å²) in [5.74, 6) is -5.00. The molecule has 16 nitrogen and oxygen atoms in total. The average molecular weight is 663 g/mol. The summed E-state index contributed by atoms with van der Waals surface area (Å²) in [5.41, 5.74) is 10.4. The molecule has 250 valence electrons. The normalized spacial score (nSPS) is 23.6. The standard InChI is InChI=1S/C32H30N4O12/c33-31(34)36-12-32(45)27(41)26(29(43)44)48-30(28(32)42)47-22-10-21-23(25(40)24(22)39)19(38)9-20(46-21)16-6-5-15(37)8-17(16)18-7-13-3-1-2-4-14(13)11-35-18/h1-6,8-10,26-28,30,37,39-42,45H,7,11-12H2,(H,43,44)(H4,33,34,36). The number of carbonyl (C=O) groups is 1. The van der Waals surface area contributed by atoms with Crippen LogP contribution in [-0.2, 0) is 22.5 Å². The largest absolute Gasteiger partial charge is 0.508 e. The Kier molecular flexibility index (Phi) is 8.18. The number of guanidine groups is 1. The van der Waals surface area contributed by atoms with E-state index in [2.05, 4.69) is 9.98 Å². The summed E-state index contributed by atoms with van der Waals surface area (Å²) >= 11 is 0. The van der Waals surface area contributed by atoms with Crippen LogP contribution in [0, 0.1) is 0 Å². The van der Waals surface area contributed by atoms with E-state index in [1.807, 2.05) is 24.3 Å². The van der Waals surface area contributed by atoms with Gasteiger partial charge >= 0.3 is 5.97 Å². The lowest BCUT2D eigenvalue weighted by molar-refractivity contribution is -0.303. The Balaban J connectivity index is 1.41. The molecule has 2 aliphatic rings. The molecule has 3 heterocycles. The number of hydrogen-bond acceptors (Lipinski definition) is 13. The number of aliphatic hydroxyl groups excluding tert-OH is 2. The van der Waals surface area contributed by atoms with E-state index in [1.54, 1.807) is 0 Å². The van der Waals surface area contributed by atoms with E-state index in [4.69, 9.17) is 25.4 Å². The first-order valence-electron chi connectivity index (χ1n) is 14.4. The van der Waals surface area contributed by atoms with Crippen LogP contribution in [0.1, 0.15) is 16.7 Å². The van der Waals surface area contributed by atoms with Crippen LogP contribution in [0.4, 0.5) is 0 Å². The van der Waals surface area contributed by atoms with Crippen molar-refractivity contribution < 1.29 is 54.4 Å². The number of carboxylic acid groups (broad SMARTS) is 1. The number of benzene rings is 3. The second kappa shape index (κ2) is 12.2. The fourth-order valence-electron chi connectivity index (χ4n) is 5.74. The minimum atomic E-state index is -2.72. The van der Waals surface area contributed by atoms with Crippen LogP contribution in [0.25, 0.3) is 22.3 Å². The first-order valence-corrected chi connectivity index (χ1v) is 14.4. The molecule has 1 aromatic heterocycles. The molecular weight excluding hydrogens is 632 g/mol. The van der Waals surface area contributed by atoms with Crippen molar-refractivity contribution in [2.45, 2.75) is 43.2 Å². The summed E-state index contributed by atoms with van der Waals surface area (Å²) in [7, 11) is 0. The Morgan fingerprint density at radius 2 is 1.73 bits per heavy atom. The van der Waals surface area contributed by atoms with Gasteiger partial charge in [0.2, 0.25) is 12.0 Å². The van der Waals surface area contributed by atoms with E-state index >= 15 is 0 Å². The Morgan fingerprint density at radius 3 is 2.44 bits per heavy atom. The number of carboxylic acids is 1. The highest BCUT2D eigenvalue weighted by molar-refractivity contribution is 6.07. The highest BCUT2D eigenvalue weighted by Crippen LogP contribution is 2.44. The van der Waals surface area contributed by atoms with Gasteiger partial charge in [0.05, 0.1) is 13.1 Å². The summed E-state index contributed by atoms with van der Waals surface area (Å²) in [6, 6.07) is 14.2. The fourth-order valence-corrected chi connectivity index (χ4v) is 5.74. The van der Waals surface area contributed by atoms with E-state index in [0.717, 1.165) is 23.3 Å². The van der Waals surface area contributed by atoms with E-state index in [-0.39, 0.29) is 17.1 Å². The van der Waals surface area contributed by atoms with E-state index < -0.39 is 76.7 Å². The number of nitrogens with zero attached hydrogens (tertiary/aromatic N) is 2. The summed E-state index contributed by atoms with van der Waals surface area (Å²) in [6.07, 6.45) is -8.29. The second-order valence-corrected chi connectivity index (χ2v) is 11.4. The minimum Gasteiger partial charge on any atom is -0.508 e. The van der Waals surface area contributed by atoms with Gasteiger partial charge in [-0.05, 0) is 29.3 Å². The van der Waals surface area contributed by atoms with Crippen molar-refractivity contribution in [2.24, 2.45) is 21.5 Å². The van der Waals surface area contributed by atoms with Gasteiger partial charge in [-0.3, -0.25) is 14.8 Å². The number of aliphatic carboxylic acids is 1. The second-order valence-electron chi connectivity index (χ2n) is 11.4. The molecule has 1 fully saturated rings. The maximum absolute atomic E-state index is 13.3. The number of phenolic OH excluding ortho intramolecular Hbond substituents is 3. The quantitative estimate of drug-likeness (QED) is 0.0718. The third-order valence-corrected chi connectivity index (χ3v) is 8.28. The Bertz CT molecular complexity index is 2060. The number of ether oxygens (including phenoxy) is 2. The predicted molar refractivity (Wildman–Crippen MR) is 168 cm³/mol. The molecule has 0 radical (unpaired) electrons. The van der Waals surface area contributed by atoms with Gasteiger partial charge in [-0.1, -0.05) is 24.3 Å². The molecule has 0 aliphatic carbocycles. The van der Waals surface area contributed by atoms with Crippen LogP contribution in [0.15, 0.2) is 73.8 Å². The van der Waals surface area contributed by atoms with Gasteiger partial charge < -0.3 is 61.1 Å². The third kappa shape index (κ3) is 5.62. The molecule has 5 unspecified atom stereocenters. The summed E-state index contributed by atoms with van der Waals surface area (Å²) in [6.45, 7) is -0.476. The molecule has 1 saturated heterocycles. The third-order valence-electron chi connectivity index (χ3n) is 8.28. The lowest BCUT2D eigenvalue weighted by Gasteiger charge is -2.45. The summed E-state index contributed by atoms with van der Waals surface area (Å²) in [4.78, 5) is 33.4. The molecule has 6 rings (SSSR count). The first-order chi connectivity index (χ1) is 22.8. The monoisotopic (exact) mass is 662 g/mol. The molecule has 4 aromatic rings. The molecule has 0 bridgehead atoms. The lowest BCUT2D eigenvalue weighted by atomic mass is 9.84. The van der Waals surface area contributed by atoms with Crippen molar-refractivity contribution in [3.63, 3.8) is 0 Å². The maximum atomic E-state index is 13.3. The Labute approximate surface area is 270 Å². The van der Waals surface area contributed by atoms with Gasteiger partial charge in [-0.25, -0.2) is 4.79 Å². The van der Waals surface area contributed by atoms with E-state index in [0.29, 0.717) is 29.8 Å². The molecule has 5 atom stereocenters. The zero-order chi connectivity index (χ0) is 34.5. The van der Waals surface area contributed by atoms with Crippen LogP contribution in [0.5, 0.6) is 23.0 Å². The number of aliphatic hydroxyl groups is 3. The average Bonchev–Trinajstić information content (AvgIpc) is 3.05. The number of fused-ring (bicyclic) bond motifs is 2. The smallest absolute Gasteiger partial charge is 0.335 e. The minimum absolute atomic E-state index is 0.00489. The van der Waals surface area contributed by atoms with Crippen molar-refractivity contribution in [2.75, 3.05) is 6.54 Å². The van der Waals surface area contributed by atoms with Crippen LogP contribution >= 0.6 is 0 Å². The van der Waals surface area contributed by atoms with Gasteiger partial charge in [0.1, 0.15) is 40.3 Å². The van der Waals surface area contributed by atoms with E-state index in [1.165, 1.54) is 18.2 Å². The Hall–Kier alpha value is -5.68. The van der Waals surface area contributed by atoms with Gasteiger partial charge in [0.25, 0.3) is 0 Å². The zero-order valence-corrected chi connectivity index (χ0v) is 24.8. The first kappa shape index (κ1) is 32.3. The van der Waals surface area contributed by atoms with Crippen molar-refractivity contribution in [1.82, 2.24) is 0 Å². The molecule has 3 aromatic carbocycles. The summed E-state index contributed by atoms with van der Waals surface area (Å²) < 4.78 is 16.8. The number of hydrogen-bond donors (Lipinski definition) is 9. The van der Waals surface area contributed by atoms with Crippen LogP contribution in [0.3, 0.4) is 0 Å². The molecule has 2 aliphatic heterocycles. The van der Waals surface area contributed by atoms with Gasteiger partial charge in [0.15, 0.2) is 29.0 Å². The molecule has 48 heavy (non-hydrogen) atoms. The van der Waals surface area contributed by atoms with Crippen molar-refractivity contribution >= 4 is 28.6 Å². The number of rotatable bonds is 7.